The molecule has 3 aliphatic heterocycles. The maximum Gasteiger partial charge on any atom is 0.264 e. The third kappa shape index (κ3) is 3.31. The van der Waals surface area contributed by atoms with Crippen LogP contribution in [0, 0.1) is 5.92 Å². The minimum atomic E-state index is 0.0237. The molecule has 3 fully saturated rings. The van der Waals surface area contributed by atoms with Crippen molar-refractivity contribution in [3.05, 3.63) is 23.3 Å². The summed E-state index contributed by atoms with van der Waals surface area (Å²) in [6, 6.07) is 4.08. The van der Waals surface area contributed by atoms with Crippen LogP contribution in [-0.4, -0.2) is 48.6 Å². The average Bonchev–Trinajstić information content (AvgIpc) is 3.26. The summed E-state index contributed by atoms with van der Waals surface area (Å²) in [4.78, 5) is 19.9. The third-order valence-corrected chi connectivity index (χ3v) is 6.71. The molecule has 2 aromatic rings. The molecule has 0 saturated carbocycles. The number of piperidine rings is 3. The monoisotopic (exact) mass is 365 g/mol. The first kappa shape index (κ1) is 16.0. The van der Waals surface area contributed by atoms with E-state index in [9.17, 15) is 4.79 Å². The van der Waals surface area contributed by atoms with Crippen molar-refractivity contribution in [2.24, 2.45) is 5.92 Å². The van der Waals surface area contributed by atoms with Gasteiger partial charge in [0.2, 0.25) is 0 Å². The van der Waals surface area contributed by atoms with Crippen molar-refractivity contribution in [2.45, 2.75) is 28.3 Å². The zero-order chi connectivity index (χ0) is 16.5. The smallest absolute Gasteiger partial charge is 0.264 e. The van der Waals surface area contributed by atoms with E-state index in [1.165, 1.54) is 55.3 Å². The fourth-order valence-corrected chi connectivity index (χ4v) is 5.17. The molecule has 128 valence electrons. The van der Waals surface area contributed by atoms with E-state index in [0.29, 0.717) is 17.0 Å². The van der Waals surface area contributed by atoms with Crippen LogP contribution in [0.1, 0.15) is 22.5 Å². The Bertz CT molecular complexity index is 722. The maximum atomic E-state index is 12.5. The fourth-order valence-electron chi connectivity index (χ4n) is 3.34. The summed E-state index contributed by atoms with van der Waals surface area (Å²) in [5, 5.41) is 3.73. The van der Waals surface area contributed by atoms with E-state index in [4.69, 9.17) is 9.15 Å². The molecular formula is C16H19N3O3S2. The maximum absolute atomic E-state index is 12.5. The Kier molecular flexibility index (Phi) is 4.51. The molecule has 0 spiro atoms. The molecule has 2 aromatic heterocycles. The highest BCUT2D eigenvalue weighted by molar-refractivity contribution is 8.01. The molecule has 5 heterocycles. The molecule has 2 bridgehead atoms. The standard InChI is InChI=1S/C16H19N3O3S2/c1-21-13-9-22-16(18-13)24-14-3-2-12(23-14)15(20)17-11-8-19-6-4-10(11)5-7-19/h2-3,9-11H,4-8H2,1H3,(H,17,20)/t11-/m0/s1. The van der Waals surface area contributed by atoms with Gasteiger partial charge in [0.1, 0.15) is 0 Å². The van der Waals surface area contributed by atoms with Gasteiger partial charge in [-0.05, 0) is 55.7 Å². The van der Waals surface area contributed by atoms with E-state index >= 15 is 0 Å². The highest BCUT2D eigenvalue weighted by Crippen LogP contribution is 2.34. The number of ether oxygens (including phenoxy) is 1. The Labute approximate surface area is 148 Å². The van der Waals surface area contributed by atoms with Crippen LogP contribution < -0.4 is 10.1 Å². The predicted molar refractivity (Wildman–Crippen MR) is 91.9 cm³/mol. The molecule has 1 atom stereocenters. The number of thiophene rings is 1. The molecule has 1 amide bonds. The number of fused-ring (bicyclic) bond motifs is 3. The molecule has 0 aromatic carbocycles. The van der Waals surface area contributed by atoms with Gasteiger partial charge in [-0.2, -0.15) is 4.98 Å². The summed E-state index contributed by atoms with van der Waals surface area (Å²) in [6.07, 6.45) is 3.86. The minimum Gasteiger partial charge on any atom is -0.479 e. The Morgan fingerprint density at radius 1 is 1.46 bits per heavy atom. The second-order valence-electron chi connectivity index (χ2n) is 6.09. The predicted octanol–water partition coefficient (Wildman–Crippen LogP) is 2.72. The Balaban J connectivity index is 1.38. The second-order valence-corrected chi connectivity index (χ2v) is 8.43. The summed E-state index contributed by atoms with van der Waals surface area (Å²) in [7, 11) is 1.55. The van der Waals surface area contributed by atoms with Crippen LogP contribution in [0.25, 0.3) is 0 Å². The van der Waals surface area contributed by atoms with Gasteiger partial charge in [-0.15, -0.1) is 11.3 Å². The highest BCUT2D eigenvalue weighted by Gasteiger charge is 2.35. The van der Waals surface area contributed by atoms with Gasteiger partial charge in [0.25, 0.3) is 17.0 Å². The van der Waals surface area contributed by atoms with E-state index in [2.05, 4.69) is 15.2 Å². The molecule has 8 heteroatoms. The Morgan fingerprint density at radius 2 is 2.29 bits per heavy atom. The van der Waals surface area contributed by atoms with Gasteiger partial charge in [-0.25, -0.2) is 0 Å². The lowest BCUT2D eigenvalue weighted by atomic mass is 9.84. The van der Waals surface area contributed by atoms with Gasteiger partial charge in [-0.3, -0.25) is 4.79 Å². The van der Waals surface area contributed by atoms with Crippen LogP contribution in [0.15, 0.2) is 32.2 Å². The number of rotatable bonds is 5. The van der Waals surface area contributed by atoms with Crippen molar-refractivity contribution in [2.75, 3.05) is 26.7 Å². The highest BCUT2D eigenvalue weighted by atomic mass is 32.2. The van der Waals surface area contributed by atoms with Gasteiger partial charge in [0.05, 0.1) is 16.2 Å². The van der Waals surface area contributed by atoms with E-state index in [0.717, 1.165) is 15.6 Å². The zero-order valence-corrected chi connectivity index (χ0v) is 15.0. The molecule has 0 aliphatic carbocycles. The van der Waals surface area contributed by atoms with Gasteiger partial charge in [0, 0.05) is 12.6 Å². The number of methoxy groups -OCH3 is 1. The molecule has 0 radical (unpaired) electrons. The largest absolute Gasteiger partial charge is 0.479 e. The summed E-state index contributed by atoms with van der Waals surface area (Å²) >= 11 is 2.85. The Hall–Kier alpha value is -1.51. The Morgan fingerprint density at radius 3 is 2.96 bits per heavy atom. The number of amides is 1. The van der Waals surface area contributed by atoms with Gasteiger partial charge < -0.3 is 19.4 Å². The fraction of sp³-hybridized carbons (Fsp3) is 0.500. The van der Waals surface area contributed by atoms with Crippen molar-refractivity contribution in [3.63, 3.8) is 0 Å². The molecule has 5 rings (SSSR count). The van der Waals surface area contributed by atoms with Crippen molar-refractivity contribution >= 4 is 29.0 Å². The molecule has 3 saturated heterocycles. The number of aromatic nitrogens is 1. The number of hydrogen-bond donors (Lipinski definition) is 1. The van der Waals surface area contributed by atoms with Gasteiger partial charge in [0.15, 0.2) is 6.26 Å². The lowest BCUT2D eigenvalue weighted by molar-refractivity contribution is 0.0622. The topological polar surface area (TPSA) is 67.6 Å². The molecule has 24 heavy (non-hydrogen) atoms. The lowest BCUT2D eigenvalue weighted by Crippen LogP contribution is -2.57. The second kappa shape index (κ2) is 6.78. The van der Waals surface area contributed by atoms with E-state index in [1.807, 2.05) is 12.1 Å². The molecule has 3 aliphatic rings. The van der Waals surface area contributed by atoms with E-state index in [1.54, 1.807) is 7.11 Å². The number of carbonyl (C=O) groups excluding carboxylic acids is 1. The number of carbonyl (C=O) groups is 1. The van der Waals surface area contributed by atoms with Crippen LogP contribution in [-0.2, 0) is 0 Å². The van der Waals surface area contributed by atoms with Gasteiger partial charge in [-0.1, -0.05) is 0 Å². The summed E-state index contributed by atoms with van der Waals surface area (Å²) in [5.41, 5.74) is 0. The van der Waals surface area contributed by atoms with E-state index in [-0.39, 0.29) is 11.9 Å². The first-order valence-corrected chi connectivity index (χ1v) is 9.65. The first-order chi connectivity index (χ1) is 11.7. The summed E-state index contributed by atoms with van der Waals surface area (Å²) < 4.78 is 11.3. The number of hydrogen-bond acceptors (Lipinski definition) is 7. The van der Waals surface area contributed by atoms with Crippen LogP contribution in [0.2, 0.25) is 0 Å². The van der Waals surface area contributed by atoms with Crippen LogP contribution >= 0.6 is 23.1 Å². The molecular weight excluding hydrogens is 346 g/mol. The quantitative estimate of drug-likeness (QED) is 0.879. The SMILES string of the molecule is COc1coc(Sc2ccc(C(=O)N[C@H]3CN4CCC3CC4)s2)n1. The van der Waals surface area contributed by atoms with Gasteiger partial charge >= 0.3 is 0 Å². The van der Waals surface area contributed by atoms with Crippen molar-refractivity contribution in [3.8, 4) is 5.88 Å². The number of oxazole rings is 1. The van der Waals surface area contributed by atoms with Crippen molar-refractivity contribution < 1.29 is 13.9 Å². The van der Waals surface area contributed by atoms with Crippen LogP contribution in [0.3, 0.4) is 0 Å². The van der Waals surface area contributed by atoms with Crippen molar-refractivity contribution in [1.29, 1.82) is 0 Å². The normalized spacial score (nSPS) is 25.6. The third-order valence-electron chi connectivity index (χ3n) is 4.64. The van der Waals surface area contributed by atoms with Crippen LogP contribution in [0.4, 0.5) is 0 Å². The van der Waals surface area contributed by atoms with Crippen LogP contribution in [0.5, 0.6) is 5.88 Å². The average molecular weight is 365 g/mol. The molecule has 6 nitrogen and oxygen atoms in total. The summed E-state index contributed by atoms with van der Waals surface area (Å²) in [6.45, 7) is 3.34. The van der Waals surface area contributed by atoms with E-state index < -0.39 is 0 Å². The number of nitrogens with zero attached hydrogens (tertiary/aromatic N) is 2. The number of nitrogens with one attached hydrogen (secondary N) is 1. The molecule has 1 N–H and O–H groups in total. The minimum absolute atomic E-state index is 0.0237. The first-order valence-electron chi connectivity index (χ1n) is 8.01. The molecule has 0 unspecified atom stereocenters. The lowest BCUT2D eigenvalue weighted by Gasteiger charge is -2.44. The summed E-state index contributed by atoms with van der Waals surface area (Å²) in [5.74, 6) is 1.11. The van der Waals surface area contributed by atoms with Crippen molar-refractivity contribution in [1.82, 2.24) is 15.2 Å². The zero-order valence-electron chi connectivity index (χ0n) is 13.4.